The Balaban J connectivity index is 1.72. The van der Waals surface area contributed by atoms with Crippen molar-refractivity contribution < 1.29 is 0 Å². The monoisotopic (exact) mass is 278 g/mol. The Morgan fingerprint density at radius 1 is 1.00 bits per heavy atom. The van der Waals surface area contributed by atoms with Crippen LogP contribution in [0, 0.1) is 0 Å². The van der Waals surface area contributed by atoms with E-state index in [1.165, 1.54) is 16.5 Å². The Labute approximate surface area is 123 Å². The molecule has 3 aromatic rings. The van der Waals surface area contributed by atoms with Gasteiger partial charge in [-0.1, -0.05) is 18.2 Å². The minimum atomic E-state index is 0.863. The fraction of sp³-hybridized carbons (Fsp3) is 0.294. The predicted molar refractivity (Wildman–Crippen MR) is 84.5 cm³/mol. The molecule has 0 atom stereocenters. The van der Waals surface area contributed by atoms with Gasteiger partial charge in [0.05, 0.1) is 5.69 Å². The molecule has 4 heterocycles. The van der Waals surface area contributed by atoms with Crippen molar-refractivity contribution in [2.45, 2.75) is 25.8 Å². The van der Waals surface area contributed by atoms with Crippen molar-refractivity contribution in [3.8, 4) is 0 Å². The molecule has 106 valence electrons. The van der Waals surface area contributed by atoms with Crippen molar-refractivity contribution >= 4 is 16.7 Å². The van der Waals surface area contributed by atoms with Gasteiger partial charge >= 0.3 is 0 Å². The van der Waals surface area contributed by atoms with Gasteiger partial charge in [-0.3, -0.25) is 0 Å². The quantitative estimate of drug-likeness (QED) is 0.687. The standard InChI is InChI=1S/C17H18N4/c1-2-6-16-15(5-1)13-9-10-18-17-8-7-14(19-20-17)4-3-11-21(16)12-13/h1-2,5-8,12H,3-4,9-11H2,(H,18,20). The highest BCUT2D eigenvalue weighted by molar-refractivity contribution is 5.84. The highest BCUT2D eigenvalue weighted by atomic mass is 15.2. The maximum absolute atomic E-state index is 4.28. The lowest BCUT2D eigenvalue weighted by molar-refractivity contribution is 0.650. The summed E-state index contributed by atoms with van der Waals surface area (Å²) in [6.07, 6.45) is 5.36. The van der Waals surface area contributed by atoms with Gasteiger partial charge < -0.3 is 9.88 Å². The minimum absolute atomic E-state index is 0.863. The zero-order valence-corrected chi connectivity index (χ0v) is 11.9. The van der Waals surface area contributed by atoms with Crippen molar-refractivity contribution in [3.05, 3.63) is 53.9 Å². The van der Waals surface area contributed by atoms with E-state index in [0.29, 0.717) is 0 Å². The summed E-state index contributed by atoms with van der Waals surface area (Å²) in [5, 5.41) is 13.2. The number of aryl methyl sites for hydroxylation is 2. The summed E-state index contributed by atoms with van der Waals surface area (Å²) in [5.41, 5.74) is 3.81. The van der Waals surface area contributed by atoms with E-state index in [2.05, 4.69) is 56.6 Å². The van der Waals surface area contributed by atoms with E-state index < -0.39 is 0 Å². The van der Waals surface area contributed by atoms with Gasteiger partial charge in [-0.05, 0) is 43.0 Å². The molecule has 2 aliphatic heterocycles. The third-order valence-electron chi connectivity index (χ3n) is 4.12. The molecule has 1 N–H and O–H groups in total. The largest absolute Gasteiger partial charge is 0.368 e. The van der Waals surface area contributed by atoms with Gasteiger partial charge in [-0.2, -0.15) is 5.10 Å². The number of rotatable bonds is 0. The maximum Gasteiger partial charge on any atom is 0.148 e. The number of nitrogens with one attached hydrogen (secondary N) is 1. The number of fused-ring (bicyclic) bond motifs is 7. The molecule has 2 aliphatic rings. The number of anilines is 1. The molecule has 1 aromatic carbocycles. The van der Waals surface area contributed by atoms with Crippen molar-refractivity contribution in [2.75, 3.05) is 11.9 Å². The fourth-order valence-electron chi connectivity index (χ4n) is 3.05. The third-order valence-corrected chi connectivity index (χ3v) is 4.12. The molecular weight excluding hydrogens is 260 g/mol. The first-order valence-electron chi connectivity index (χ1n) is 7.53. The van der Waals surface area contributed by atoms with Crippen LogP contribution in [-0.4, -0.2) is 21.3 Å². The normalized spacial score (nSPS) is 15.0. The molecule has 0 aliphatic carbocycles. The molecule has 21 heavy (non-hydrogen) atoms. The van der Waals surface area contributed by atoms with Crippen LogP contribution in [0.15, 0.2) is 42.6 Å². The number of para-hydroxylation sites is 1. The lowest BCUT2D eigenvalue weighted by Crippen LogP contribution is -2.07. The second kappa shape index (κ2) is 5.20. The van der Waals surface area contributed by atoms with E-state index in [1.807, 2.05) is 6.07 Å². The molecular formula is C17H18N4. The van der Waals surface area contributed by atoms with E-state index in [9.17, 15) is 0 Å². The van der Waals surface area contributed by atoms with Crippen molar-refractivity contribution in [1.82, 2.24) is 14.8 Å². The topological polar surface area (TPSA) is 42.7 Å². The number of hydrogen-bond acceptors (Lipinski definition) is 3. The fourth-order valence-corrected chi connectivity index (χ4v) is 3.05. The second-order valence-electron chi connectivity index (χ2n) is 5.56. The first kappa shape index (κ1) is 12.4. The summed E-state index contributed by atoms with van der Waals surface area (Å²) >= 11 is 0. The smallest absolute Gasteiger partial charge is 0.148 e. The van der Waals surface area contributed by atoms with Gasteiger partial charge in [-0.15, -0.1) is 5.10 Å². The summed E-state index contributed by atoms with van der Waals surface area (Å²) in [6, 6.07) is 12.8. The van der Waals surface area contributed by atoms with Crippen LogP contribution in [0.4, 0.5) is 5.82 Å². The Kier molecular flexibility index (Phi) is 3.07. The van der Waals surface area contributed by atoms with Gasteiger partial charge in [0, 0.05) is 30.2 Å². The number of hydrogen-bond donors (Lipinski definition) is 1. The molecule has 5 rings (SSSR count). The molecule has 4 heteroatoms. The average Bonchev–Trinajstić information content (AvgIpc) is 2.88. The minimum Gasteiger partial charge on any atom is -0.368 e. The van der Waals surface area contributed by atoms with Crippen LogP contribution in [0.1, 0.15) is 17.7 Å². The van der Waals surface area contributed by atoms with Crippen LogP contribution < -0.4 is 5.32 Å². The average molecular weight is 278 g/mol. The number of benzene rings is 1. The first-order chi connectivity index (χ1) is 10.4. The van der Waals surface area contributed by atoms with Gasteiger partial charge in [0.25, 0.3) is 0 Å². The van der Waals surface area contributed by atoms with Crippen molar-refractivity contribution in [2.24, 2.45) is 0 Å². The summed E-state index contributed by atoms with van der Waals surface area (Å²) in [5.74, 6) is 0.863. The van der Waals surface area contributed by atoms with Crippen molar-refractivity contribution in [3.63, 3.8) is 0 Å². The van der Waals surface area contributed by atoms with Crippen LogP contribution >= 0.6 is 0 Å². The maximum atomic E-state index is 4.28. The molecule has 0 fully saturated rings. The number of aromatic nitrogens is 3. The lowest BCUT2D eigenvalue weighted by Gasteiger charge is -2.06. The molecule has 0 radical (unpaired) electrons. The lowest BCUT2D eigenvalue weighted by atomic mass is 10.1. The van der Waals surface area contributed by atoms with Crippen LogP contribution in [-0.2, 0) is 19.4 Å². The molecule has 4 bridgehead atoms. The van der Waals surface area contributed by atoms with Crippen LogP contribution in [0.3, 0.4) is 0 Å². The highest BCUT2D eigenvalue weighted by Crippen LogP contribution is 2.22. The van der Waals surface area contributed by atoms with E-state index in [0.717, 1.165) is 43.9 Å². The van der Waals surface area contributed by atoms with Gasteiger partial charge in [0.2, 0.25) is 0 Å². The first-order valence-corrected chi connectivity index (χ1v) is 7.53. The summed E-state index contributed by atoms with van der Waals surface area (Å²) < 4.78 is 2.38. The Bertz CT molecular complexity index is 695. The zero-order chi connectivity index (χ0) is 14.1. The third kappa shape index (κ3) is 2.37. The highest BCUT2D eigenvalue weighted by Gasteiger charge is 2.09. The van der Waals surface area contributed by atoms with Gasteiger partial charge in [0.15, 0.2) is 0 Å². The summed E-state index contributed by atoms with van der Waals surface area (Å²) in [6.45, 7) is 1.90. The molecule has 0 unspecified atom stereocenters. The molecule has 0 saturated heterocycles. The van der Waals surface area contributed by atoms with E-state index >= 15 is 0 Å². The SMILES string of the molecule is c1ccc2c(c1)c1cn2CCCc2ccc(nn2)NCC1. The predicted octanol–water partition coefficient (Wildman–Crippen LogP) is 3.03. The van der Waals surface area contributed by atoms with Crippen LogP contribution in [0.25, 0.3) is 10.9 Å². The molecule has 4 nitrogen and oxygen atoms in total. The molecule has 0 spiro atoms. The summed E-state index contributed by atoms with van der Waals surface area (Å²) in [4.78, 5) is 0. The van der Waals surface area contributed by atoms with E-state index in [4.69, 9.17) is 0 Å². The Morgan fingerprint density at radius 2 is 1.95 bits per heavy atom. The molecule has 0 saturated carbocycles. The Morgan fingerprint density at radius 3 is 2.86 bits per heavy atom. The second-order valence-corrected chi connectivity index (χ2v) is 5.56. The number of nitrogens with zero attached hydrogens (tertiary/aromatic N) is 3. The van der Waals surface area contributed by atoms with Crippen LogP contribution in [0.2, 0.25) is 0 Å². The van der Waals surface area contributed by atoms with E-state index in [1.54, 1.807) is 0 Å². The van der Waals surface area contributed by atoms with E-state index in [-0.39, 0.29) is 0 Å². The van der Waals surface area contributed by atoms with Gasteiger partial charge in [0.1, 0.15) is 5.82 Å². The van der Waals surface area contributed by atoms with Crippen molar-refractivity contribution in [1.29, 1.82) is 0 Å². The molecule has 2 aromatic heterocycles. The van der Waals surface area contributed by atoms with Gasteiger partial charge in [-0.25, -0.2) is 0 Å². The Hall–Kier alpha value is -2.36. The van der Waals surface area contributed by atoms with Crippen LogP contribution in [0.5, 0.6) is 0 Å². The zero-order valence-electron chi connectivity index (χ0n) is 11.9. The molecule has 0 amide bonds. The summed E-state index contributed by atoms with van der Waals surface area (Å²) in [7, 11) is 0.